The van der Waals surface area contributed by atoms with Crippen molar-refractivity contribution < 1.29 is 13.6 Å². The lowest BCUT2D eigenvalue weighted by atomic mass is 10.2. The van der Waals surface area contributed by atoms with Crippen LogP contribution in [-0.4, -0.2) is 15.9 Å². The summed E-state index contributed by atoms with van der Waals surface area (Å²) in [6.07, 6.45) is 1.11. The molecule has 0 saturated heterocycles. The normalized spacial score (nSPS) is 10.0. The Kier molecular flexibility index (Phi) is 4.80. The van der Waals surface area contributed by atoms with E-state index in [0.717, 1.165) is 18.5 Å². The van der Waals surface area contributed by atoms with Crippen LogP contribution in [0.2, 0.25) is 0 Å². The molecule has 0 radical (unpaired) electrons. The van der Waals surface area contributed by atoms with Crippen molar-refractivity contribution in [2.75, 3.05) is 10.6 Å². The molecule has 0 aliphatic rings. The van der Waals surface area contributed by atoms with E-state index in [0.29, 0.717) is 11.3 Å². The highest BCUT2D eigenvalue weighted by atomic mass is 19.1. The molecule has 2 N–H and O–H groups in total. The summed E-state index contributed by atoms with van der Waals surface area (Å²) in [5.74, 6) is -2.04. The van der Waals surface area contributed by atoms with Crippen LogP contribution in [0.15, 0.2) is 54.9 Å². The van der Waals surface area contributed by atoms with E-state index >= 15 is 0 Å². The van der Waals surface area contributed by atoms with Gasteiger partial charge in [0.2, 0.25) is 0 Å². The number of hydrogen-bond donors (Lipinski definition) is 2. The molecule has 6 nitrogen and oxygen atoms in total. The summed E-state index contributed by atoms with van der Waals surface area (Å²) in [7, 11) is 0. The molecule has 1 amide bonds. The first-order valence-electron chi connectivity index (χ1n) is 7.41. The number of hydrogen-bond acceptors (Lipinski definition) is 5. The standard InChI is InChI=1S/C18H11F2N5O/c19-13-2-1-3-14(20)17(13)25-16-8-15(22-10-23-16)18(26)24-12-6-4-11(9-21)5-7-12/h1-8,10H,(H,24,26)(H,22,23,25). The summed E-state index contributed by atoms with van der Waals surface area (Å²) in [6.45, 7) is 0. The molecular weight excluding hydrogens is 340 g/mol. The Morgan fingerprint density at radius 2 is 1.73 bits per heavy atom. The highest BCUT2D eigenvalue weighted by Crippen LogP contribution is 2.22. The van der Waals surface area contributed by atoms with Crippen LogP contribution < -0.4 is 10.6 Å². The maximum Gasteiger partial charge on any atom is 0.274 e. The van der Waals surface area contributed by atoms with E-state index in [1.165, 1.54) is 12.1 Å². The minimum atomic E-state index is -0.785. The monoisotopic (exact) mass is 351 g/mol. The Morgan fingerprint density at radius 1 is 1.04 bits per heavy atom. The van der Waals surface area contributed by atoms with E-state index in [2.05, 4.69) is 20.6 Å². The zero-order chi connectivity index (χ0) is 18.5. The van der Waals surface area contributed by atoms with Crippen molar-refractivity contribution in [3.8, 4) is 6.07 Å². The van der Waals surface area contributed by atoms with E-state index in [1.807, 2.05) is 6.07 Å². The van der Waals surface area contributed by atoms with Crippen molar-refractivity contribution in [1.82, 2.24) is 9.97 Å². The lowest BCUT2D eigenvalue weighted by Crippen LogP contribution is -2.14. The fourth-order valence-corrected chi connectivity index (χ4v) is 2.12. The van der Waals surface area contributed by atoms with Crippen molar-refractivity contribution in [3.63, 3.8) is 0 Å². The lowest BCUT2D eigenvalue weighted by molar-refractivity contribution is 0.102. The van der Waals surface area contributed by atoms with E-state index in [9.17, 15) is 13.6 Å². The van der Waals surface area contributed by atoms with Gasteiger partial charge in [-0.2, -0.15) is 5.26 Å². The number of benzene rings is 2. The van der Waals surface area contributed by atoms with E-state index in [-0.39, 0.29) is 17.2 Å². The lowest BCUT2D eigenvalue weighted by Gasteiger charge is -2.09. The van der Waals surface area contributed by atoms with Gasteiger partial charge in [-0.1, -0.05) is 6.07 Å². The Bertz CT molecular complexity index is 979. The summed E-state index contributed by atoms with van der Waals surface area (Å²) in [5.41, 5.74) is 0.568. The SMILES string of the molecule is N#Cc1ccc(NC(=O)c2cc(Nc3c(F)cccc3F)ncn2)cc1. The van der Waals surface area contributed by atoms with Crippen LogP contribution >= 0.6 is 0 Å². The summed E-state index contributed by atoms with van der Waals surface area (Å²) >= 11 is 0. The maximum atomic E-state index is 13.7. The van der Waals surface area contributed by atoms with Gasteiger partial charge in [-0.05, 0) is 36.4 Å². The van der Waals surface area contributed by atoms with Crippen molar-refractivity contribution in [1.29, 1.82) is 5.26 Å². The van der Waals surface area contributed by atoms with Crippen LogP contribution in [-0.2, 0) is 0 Å². The van der Waals surface area contributed by atoms with Crippen molar-refractivity contribution in [3.05, 3.63) is 77.8 Å². The molecule has 3 rings (SSSR count). The summed E-state index contributed by atoms with van der Waals surface area (Å²) in [6, 6.07) is 13.0. The maximum absolute atomic E-state index is 13.7. The molecule has 0 aliphatic heterocycles. The zero-order valence-corrected chi connectivity index (χ0v) is 13.2. The Morgan fingerprint density at radius 3 is 2.38 bits per heavy atom. The Balaban J connectivity index is 1.78. The molecule has 0 saturated carbocycles. The number of nitrogens with zero attached hydrogens (tertiary/aromatic N) is 3. The summed E-state index contributed by atoms with van der Waals surface area (Å²) < 4.78 is 27.4. The minimum Gasteiger partial charge on any atom is -0.335 e. The Hall–Kier alpha value is -3.86. The highest BCUT2D eigenvalue weighted by molar-refractivity contribution is 6.03. The number of nitrogens with one attached hydrogen (secondary N) is 2. The molecule has 0 unspecified atom stereocenters. The average molecular weight is 351 g/mol. The van der Waals surface area contributed by atoms with Crippen molar-refractivity contribution >= 4 is 23.1 Å². The first-order chi connectivity index (χ1) is 12.6. The first kappa shape index (κ1) is 17.0. The predicted octanol–water partition coefficient (Wildman–Crippen LogP) is 3.62. The second kappa shape index (κ2) is 7.36. The second-order valence-corrected chi connectivity index (χ2v) is 5.15. The molecule has 0 spiro atoms. The van der Waals surface area contributed by atoms with Crippen molar-refractivity contribution in [2.24, 2.45) is 0 Å². The molecule has 3 aromatic rings. The van der Waals surface area contributed by atoms with Crippen LogP contribution in [0, 0.1) is 23.0 Å². The average Bonchev–Trinajstić information content (AvgIpc) is 2.66. The largest absolute Gasteiger partial charge is 0.335 e. The van der Waals surface area contributed by atoms with E-state index < -0.39 is 17.5 Å². The van der Waals surface area contributed by atoms with Gasteiger partial charge in [-0.25, -0.2) is 18.7 Å². The number of carbonyl (C=O) groups is 1. The third-order valence-electron chi connectivity index (χ3n) is 3.39. The van der Waals surface area contributed by atoms with Crippen LogP contribution in [0.1, 0.15) is 16.1 Å². The number of para-hydroxylation sites is 1. The number of anilines is 3. The first-order valence-corrected chi connectivity index (χ1v) is 7.41. The third-order valence-corrected chi connectivity index (χ3v) is 3.39. The quantitative estimate of drug-likeness (QED) is 0.749. The molecule has 0 bridgehead atoms. The summed E-state index contributed by atoms with van der Waals surface area (Å²) in [4.78, 5) is 20.0. The number of carbonyl (C=O) groups excluding carboxylic acids is 1. The van der Waals surface area contributed by atoms with Gasteiger partial charge in [0.25, 0.3) is 5.91 Å². The molecular formula is C18H11F2N5O. The molecule has 0 atom stereocenters. The molecule has 0 aliphatic carbocycles. The van der Waals surface area contributed by atoms with Gasteiger partial charge in [0.05, 0.1) is 11.6 Å². The van der Waals surface area contributed by atoms with E-state index in [4.69, 9.17) is 5.26 Å². The van der Waals surface area contributed by atoms with Gasteiger partial charge in [-0.3, -0.25) is 4.79 Å². The summed E-state index contributed by atoms with van der Waals surface area (Å²) in [5, 5.41) is 13.9. The second-order valence-electron chi connectivity index (χ2n) is 5.15. The predicted molar refractivity (Wildman–Crippen MR) is 90.8 cm³/mol. The van der Waals surface area contributed by atoms with Gasteiger partial charge in [0, 0.05) is 11.8 Å². The number of nitriles is 1. The number of aromatic nitrogens is 2. The van der Waals surface area contributed by atoms with Gasteiger partial charge in [0.15, 0.2) is 0 Å². The molecule has 1 aromatic heterocycles. The molecule has 2 aromatic carbocycles. The molecule has 0 fully saturated rings. The topological polar surface area (TPSA) is 90.7 Å². The van der Waals surface area contributed by atoms with Crippen LogP contribution in [0.25, 0.3) is 0 Å². The fraction of sp³-hybridized carbons (Fsp3) is 0. The van der Waals surface area contributed by atoms with Crippen LogP contribution in [0.4, 0.5) is 26.0 Å². The molecule has 128 valence electrons. The smallest absolute Gasteiger partial charge is 0.274 e. The molecule has 1 heterocycles. The van der Waals surface area contributed by atoms with Gasteiger partial charge < -0.3 is 10.6 Å². The zero-order valence-electron chi connectivity index (χ0n) is 13.2. The van der Waals surface area contributed by atoms with Gasteiger partial charge in [-0.15, -0.1) is 0 Å². The van der Waals surface area contributed by atoms with Crippen LogP contribution in [0.5, 0.6) is 0 Å². The van der Waals surface area contributed by atoms with E-state index in [1.54, 1.807) is 24.3 Å². The fourth-order valence-electron chi connectivity index (χ4n) is 2.12. The van der Waals surface area contributed by atoms with Crippen molar-refractivity contribution in [2.45, 2.75) is 0 Å². The number of rotatable bonds is 4. The third kappa shape index (κ3) is 3.79. The van der Waals surface area contributed by atoms with Crippen LogP contribution in [0.3, 0.4) is 0 Å². The minimum absolute atomic E-state index is 0.00334. The molecule has 8 heteroatoms. The molecule has 26 heavy (non-hydrogen) atoms. The highest BCUT2D eigenvalue weighted by Gasteiger charge is 2.12. The Labute approximate surface area is 147 Å². The number of amides is 1. The van der Waals surface area contributed by atoms with Gasteiger partial charge in [0.1, 0.15) is 35.2 Å². The number of halogens is 2. The van der Waals surface area contributed by atoms with Gasteiger partial charge >= 0.3 is 0 Å².